The minimum absolute atomic E-state index is 0.996. The summed E-state index contributed by atoms with van der Waals surface area (Å²) < 4.78 is 0. The van der Waals surface area contributed by atoms with Crippen molar-refractivity contribution >= 4 is 5.82 Å². The fourth-order valence-electron chi connectivity index (χ4n) is 0.980. The highest BCUT2D eigenvalue weighted by Gasteiger charge is 2.00. The third-order valence-corrected chi connectivity index (χ3v) is 2.22. The van der Waals surface area contributed by atoms with Gasteiger partial charge in [-0.3, -0.25) is 0 Å². The van der Waals surface area contributed by atoms with Crippen molar-refractivity contribution in [2.24, 2.45) is 0 Å². The molecular weight excluding hydrogens is 148 g/mol. The Kier molecular flexibility index (Phi) is 2.69. The molecular formula is C10H16N2. The van der Waals surface area contributed by atoms with Crippen molar-refractivity contribution in [1.82, 2.24) is 4.98 Å². The molecule has 1 aromatic rings. The summed E-state index contributed by atoms with van der Waals surface area (Å²) in [5, 5.41) is 0. The first-order chi connectivity index (χ1) is 5.65. The summed E-state index contributed by atoms with van der Waals surface area (Å²) in [6.45, 7) is 7.31. The smallest absolute Gasteiger partial charge is 0.128 e. The first-order valence-corrected chi connectivity index (χ1v) is 4.29. The van der Waals surface area contributed by atoms with Gasteiger partial charge in [-0.1, -0.05) is 0 Å². The zero-order valence-corrected chi connectivity index (χ0v) is 8.26. The molecule has 0 spiro atoms. The fraction of sp³-hybridized carbons (Fsp3) is 0.500. The minimum atomic E-state index is 0.996. The third-order valence-electron chi connectivity index (χ3n) is 2.22. The summed E-state index contributed by atoms with van der Waals surface area (Å²) in [7, 11) is 2.05. The first-order valence-electron chi connectivity index (χ1n) is 4.29. The van der Waals surface area contributed by atoms with Crippen molar-refractivity contribution in [2.75, 3.05) is 18.5 Å². The summed E-state index contributed by atoms with van der Waals surface area (Å²) >= 11 is 0. The van der Waals surface area contributed by atoms with Crippen molar-refractivity contribution in [3.05, 3.63) is 23.4 Å². The number of anilines is 1. The second-order valence-corrected chi connectivity index (χ2v) is 3.14. The van der Waals surface area contributed by atoms with Crippen LogP contribution in [0.5, 0.6) is 0 Å². The van der Waals surface area contributed by atoms with Crippen molar-refractivity contribution in [2.45, 2.75) is 20.8 Å². The van der Waals surface area contributed by atoms with E-state index in [1.54, 1.807) is 0 Å². The van der Waals surface area contributed by atoms with Gasteiger partial charge in [-0.05, 0) is 38.0 Å². The van der Waals surface area contributed by atoms with Gasteiger partial charge in [-0.15, -0.1) is 0 Å². The second-order valence-electron chi connectivity index (χ2n) is 3.14. The summed E-state index contributed by atoms with van der Waals surface area (Å²) in [6.07, 6.45) is 1.93. The fourth-order valence-corrected chi connectivity index (χ4v) is 0.980. The number of hydrogen-bond donors (Lipinski definition) is 0. The van der Waals surface area contributed by atoms with Crippen molar-refractivity contribution in [1.29, 1.82) is 0 Å². The van der Waals surface area contributed by atoms with Gasteiger partial charge in [0.2, 0.25) is 0 Å². The standard InChI is InChI=1S/C10H16N2/c1-5-12(4)10-6-8(2)9(3)7-11-10/h6-7H,5H2,1-4H3. The van der Waals surface area contributed by atoms with Gasteiger partial charge in [0.1, 0.15) is 5.82 Å². The molecule has 2 heteroatoms. The highest BCUT2D eigenvalue weighted by Crippen LogP contribution is 2.13. The molecule has 2 nitrogen and oxygen atoms in total. The molecule has 12 heavy (non-hydrogen) atoms. The largest absolute Gasteiger partial charge is 0.360 e. The Balaban J connectivity index is 2.96. The van der Waals surface area contributed by atoms with E-state index in [1.807, 2.05) is 6.20 Å². The molecule has 0 atom stereocenters. The number of aryl methyl sites for hydroxylation is 2. The van der Waals surface area contributed by atoms with Gasteiger partial charge in [0.15, 0.2) is 0 Å². The van der Waals surface area contributed by atoms with E-state index < -0.39 is 0 Å². The molecule has 1 aromatic heterocycles. The van der Waals surface area contributed by atoms with Crippen LogP contribution in [0.2, 0.25) is 0 Å². The Hall–Kier alpha value is -1.05. The van der Waals surface area contributed by atoms with Crippen molar-refractivity contribution < 1.29 is 0 Å². The van der Waals surface area contributed by atoms with Crippen LogP contribution in [0.3, 0.4) is 0 Å². The normalized spacial score (nSPS) is 10.0. The molecule has 0 fully saturated rings. The van der Waals surface area contributed by atoms with Gasteiger partial charge in [0, 0.05) is 19.8 Å². The zero-order chi connectivity index (χ0) is 9.14. The molecule has 0 saturated heterocycles. The van der Waals surface area contributed by atoms with Crippen LogP contribution in [0.4, 0.5) is 5.82 Å². The lowest BCUT2D eigenvalue weighted by molar-refractivity contribution is 0.933. The molecule has 0 amide bonds. The molecule has 0 aliphatic carbocycles. The molecule has 66 valence electrons. The van der Waals surface area contributed by atoms with E-state index >= 15 is 0 Å². The molecule has 0 radical (unpaired) electrons. The van der Waals surface area contributed by atoms with Crippen molar-refractivity contribution in [3.8, 4) is 0 Å². The average Bonchev–Trinajstić information content (AvgIpc) is 2.08. The molecule has 0 saturated carbocycles. The molecule has 0 bridgehead atoms. The lowest BCUT2D eigenvalue weighted by Gasteiger charge is -2.16. The van der Waals surface area contributed by atoms with Crippen LogP contribution in [-0.4, -0.2) is 18.6 Å². The Morgan fingerprint density at radius 1 is 1.33 bits per heavy atom. The van der Waals surface area contributed by atoms with E-state index in [0.717, 1.165) is 12.4 Å². The monoisotopic (exact) mass is 164 g/mol. The maximum Gasteiger partial charge on any atom is 0.128 e. The van der Waals surface area contributed by atoms with Crippen LogP contribution < -0.4 is 4.90 Å². The van der Waals surface area contributed by atoms with Gasteiger partial charge in [-0.2, -0.15) is 0 Å². The Labute approximate surface area is 74.2 Å². The summed E-state index contributed by atoms with van der Waals surface area (Å²) in [4.78, 5) is 6.47. The number of pyridine rings is 1. The number of aromatic nitrogens is 1. The molecule has 1 heterocycles. The highest BCUT2D eigenvalue weighted by molar-refractivity contribution is 5.41. The van der Waals surface area contributed by atoms with E-state index in [2.05, 4.69) is 43.8 Å². The highest BCUT2D eigenvalue weighted by atomic mass is 15.1. The van der Waals surface area contributed by atoms with Gasteiger partial charge in [0.25, 0.3) is 0 Å². The van der Waals surface area contributed by atoms with Crippen molar-refractivity contribution in [3.63, 3.8) is 0 Å². The summed E-state index contributed by atoms with van der Waals surface area (Å²) in [5.41, 5.74) is 2.56. The van der Waals surface area contributed by atoms with E-state index in [1.165, 1.54) is 11.1 Å². The van der Waals surface area contributed by atoms with E-state index in [4.69, 9.17) is 0 Å². The maximum atomic E-state index is 4.34. The molecule has 0 aliphatic heterocycles. The van der Waals surface area contributed by atoms with E-state index in [0.29, 0.717) is 0 Å². The average molecular weight is 164 g/mol. The van der Waals surface area contributed by atoms with Crippen LogP contribution in [0, 0.1) is 13.8 Å². The van der Waals surface area contributed by atoms with Crippen LogP contribution in [-0.2, 0) is 0 Å². The molecule has 0 aliphatic rings. The van der Waals surface area contributed by atoms with E-state index in [-0.39, 0.29) is 0 Å². The number of nitrogens with zero attached hydrogens (tertiary/aromatic N) is 2. The van der Waals surface area contributed by atoms with Crippen LogP contribution >= 0.6 is 0 Å². The molecule has 0 unspecified atom stereocenters. The quantitative estimate of drug-likeness (QED) is 0.666. The SMILES string of the molecule is CCN(C)c1cc(C)c(C)cn1. The van der Waals surface area contributed by atoms with Crippen LogP contribution in [0.25, 0.3) is 0 Å². The van der Waals surface area contributed by atoms with Gasteiger partial charge in [0.05, 0.1) is 0 Å². The third kappa shape index (κ3) is 1.76. The summed E-state index contributed by atoms with van der Waals surface area (Å²) in [6, 6.07) is 2.12. The van der Waals surface area contributed by atoms with E-state index in [9.17, 15) is 0 Å². The minimum Gasteiger partial charge on any atom is -0.360 e. The lowest BCUT2D eigenvalue weighted by Crippen LogP contribution is -2.17. The molecule has 0 aromatic carbocycles. The summed E-state index contributed by atoms with van der Waals surface area (Å²) in [5.74, 6) is 1.06. The number of hydrogen-bond acceptors (Lipinski definition) is 2. The molecule has 0 N–H and O–H groups in total. The topological polar surface area (TPSA) is 16.1 Å². The first kappa shape index (κ1) is 9.04. The van der Waals surface area contributed by atoms with Crippen LogP contribution in [0.1, 0.15) is 18.1 Å². The molecule has 1 rings (SSSR count). The lowest BCUT2D eigenvalue weighted by atomic mass is 10.2. The Bertz CT molecular complexity index is 269. The second kappa shape index (κ2) is 3.57. The van der Waals surface area contributed by atoms with Gasteiger partial charge >= 0.3 is 0 Å². The van der Waals surface area contributed by atoms with Crippen LogP contribution in [0.15, 0.2) is 12.3 Å². The Morgan fingerprint density at radius 2 is 2.00 bits per heavy atom. The maximum absolute atomic E-state index is 4.34. The van der Waals surface area contributed by atoms with Gasteiger partial charge in [-0.25, -0.2) is 4.98 Å². The Morgan fingerprint density at radius 3 is 2.50 bits per heavy atom. The van der Waals surface area contributed by atoms with Gasteiger partial charge < -0.3 is 4.90 Å². The predicted octanol–water partition coefficient (Wildman–Crippen LogP) is 2.15. The number of rotatable bonds is 2. The predicted molar refractivity (Wildman–Crippen MR) is 52.7 cm³/mol. The zero-order valence-electron chi connectivity index (χ0n) is 8.26.